The molecule has 1 fully saturated rings. The molecule has 9 nitrogen and oxygen atoms in total. The van der Waals surface area contributed by atoms with Crippen LogP contribution >= 0.6 is 23.1 Å². The summed E-state index contributed by atoms with van der Waals surface area (Å²) in [5, 5.41) is 20.5. The Kier molecular flexibility index (Phi) is 10.4. The Balaban J connectivity index is 1.39. The highest BCUT2D eigenvalue weighted by Gasteiger charge is 2.48. The number of aliphatic hydroxyl groups is 1. The van der Waals surface area contributed by atoms with Crippen molar-refractivity contribution in [2.45, 2.75) is 36.6 Å². The minimum atomic E-state index is -1.01. The molecule has 1 aliphatic rings. The van der Waals surface area contributed by atoms with Gasteiger partial charge in [0.2, 0.25) is 5.13 Å². The molecule has 6 rings (SSSR count). The standard InChI is InChI=1S/C37H33N3O6S2/c1-3-44-28-18-15-26(16-19-28)33(41)31-32(27-17-20-29(30(21-27)45-4-2)46-22-24-11-7-5-8-12-24)40(35(43)34(31)42)36-38-39-37(48-36)47-23-25-13-9-6-10-14-25/h5-21,32,41H,3-4,22-23H2,1-2H3. The minimum Gasteiger partial charge on any atom is -0.507 e. The van der Waals surface area contributed by atoms with E-state index in [0.29, 0.717) is 58.3 Å². The zero-order valence-corrected chi connectivity index (χ0v) is 28.0. The van der Waals surface area contributed by atoms with Gasteiger partial charge in [-0.05, 0) is 66.9 Å². The summed E-state index contributed by atoms with van der Waals surface area (Å²) < 4.78 is 18.3. The number of benzene rings is 4. The summed E-state index contributed by atoms with van der Waals surface area (Å²) >= 11 is 2.70. The van der Waals surface area contributed by atoms with Gasteiger partial charge in [-0.25, -0.2) is 0 Å². The molecule has 1 aromatic heterocycles. The first-order chi connectivity index (χ1) is 23.5. The summed E-state index contributed by atoms with van der Waals surface area (Å²) in [5.74, 6) is 0.269. The van der Waals surface area contributed by atoms with E-state index in [4.69, 9.17) is 14.2 Å². The van der Waals surface area contributed by atoms with E-state index in [1.165, 1.54) is 28.0 Å². The van der Waals surface area contributed by atoms with Crippen molar-refractivity contribution < 1.29 is 28.9 Å². The Morgan fingerprint density at radius 1 is 0.812 bits per heavy atom. The van der Waals surface area contributed by atoms with Crippen LogP contribution < -0.4 is 19.1 Å². The molecule has 11 heteroatoms. The number of amides is 1. The van der Waals surface area contributed by atoms with Gasteiger partial charge >= 0.3 is 5.91 Å². The van der Waals surface area contributed by atoms with Crippen molar-refractivity contribution in [3.63, 3.8) is 0 Å². The van der Waals surface area contributed by atoms with Gasteiger partial charge in [-0.3, -0.25) is 14.5 Å². The van der Waals surface area contributed by atoms with Crippen molar-refractivity contribution >= 4 is 45.7 Å². The molecule has 1 N–H and O–H groups in total. The van der Waals surface area contributed by atoms with Gasteiger partial charge in [0.05, 0.1) is 24.8 Å². The third kappa shape index (κ3) is 7.22. The van der Waals surface area contributed by atoms with E-state index in [1.807, 2.05) is 74.5 Å². The molecule has 0 spiro atoms. The Bertz CT molecular complexity index is 1910. The van der Waals surface area contributed by atoms with E-state index in [9.17, 15) is 14.7 Å². The molecule has 5 aromatic rings. The topological polar surface area (TPSA) is 111 Å². The third-order valence-corrected chi connectivity index (χ3v) is 9.64. The number of aliphatic hydroxyl groups excluding tert-OH is 1. The molecule has 4 aromatic carbocycles. The number of ketones is 1. The van der Waals surface area contributed by atoms with E-state index in [-0.39, 0.29) is 16.5 Å². The van der Waals surface area contributed by atoms with Crippen molar-refractivity contribution in [2.24, 2.45) is 0 Å². The molecule has 1 unspecified atom stereocenters. The fourth-order valence-electron chi connectivity index (χ4n) is 5.27. The van der Waals surface area contributed by atoms with Crippen LogP contribution in [0.5, 0.6) is 17.2 Å². The van der Waals surface area contributed by atoms with Gasteiger partial charge in [0.1, 0.15) is 18.1 Å². The highest BCUT2D eigenvalue weighted by Crippen LogP contribution is 2.46. The average Bonchev–Trinajstić information content (AvgIpc) is 3.69. The van der Waals surface area contributed by atoms with E-state index < -0.39 is 17.7 Å². The Hall–Kier alpha value is -5.13. The first kappa shape index (κ1) is 32.8. The van der Waals surface area contributed by atoms with E-state index in [0.717, 1.165) is 11.1 Å². The number of Topliss-reactive ketones (excluding diaryl/α,β-unsaturated/α-hetero) is 1. The van der Waals surface area contributed by atoms with Crippen LogP contribution in [-0.2, 0) is 21.9 Å². The van der Waals surface area contributed by atoms with Crippen molar-refractivity contribution in [3.05, 3.63) is 131 Å². The maximum absolute atomic E-state index is 13.8. The molecular formula is C37H33N3O6S2. The summed E-state index contributed by atoms with van der Waals surface area (Å²) in [5.41, 5.74) is 2.94. The fourth-order valence-corrected chi connectivity index (χ4v) is 7.09. The lowest BCUT2D eigenvalue weighted by Gasteiger charge is -2.23. The number of aromatic nitrogens is 2. The molecule has 1 aliphatic heterocycles. The van der Waals surface area contributed by atoms with Crippen LogP contribution in [0.15, 0.2) is 113 Å². The summed E-state index contributed by atoms with van der Waals surface area (Å²) in [6, 6.07) is 30.7. The molecule has 2 heterocycles. The number of hydrogen-bond donors (Lipinski definition) is 1. The number of thioether (sulfide) groups is 1. The minimum absolute atomic E-state index is 0.0711. The smallest absolute Gasteiger partial charge is 0.301 e. The molecule has 1 amide bonds. The van der Waals surface area contributed by atoms with Crippen LogP contribution in [0, 0.1) is 0 Å². The van der Waals surface area contributed by atoms with E-state index in [2.05, 4.69) is 10.2 Å². The zero-order valence-electron chi connectivity index (χ0n) is 26.4. The van der Waals surface area contributed by atoms with Gasteiger partial charge in [0.25, 0.3) is 5.78 Å². The highest BCUT2D eigenvalue weighted by atomic mass is 32.2. The Morgan fingerprint density at radius 3 is 2.19 bits per heavy atom. The molecule has 48 heavy (non-hydrogen) atoms. The molecule has 0 radical (unpaired) electrons. The lowest BCUT2D eigenvalue weighted by molar-refractivity contribution is -0.132. The SMILES string of the molecule is CCOc1ccc(C(O)=C2C(=O)C(=O)N(c3nnc(SCc4ccccc4)s3)C2c2ccc(OCc3ccccc3)c(OCC)c2)cc1. The molecule has 1 saturated heterocycles. The number of hydrogen-bond acceptors (Lipinski definition) is 10. The maximum Gasteiger partial charge on any atom is 0.301 e. The summed E-state index contributed by atoms with van der Waals surface area (Å²) in [4.78, 5) is 28.9. The average molecular weight is 680 g/mol. The van der Waals surface area contributed by atoms with Crippen LogP contribution in [0.4, 0.5) is 5.13 Å². The number of carbonyl (C=O) groups is 2. The number of nitrogens with zero attached hydrogens (tertiary/aromatic N) is 3. The van der Waals surface area contributed by atoms with Gasteiger partial charge in [-0.15, -0.1) is 10.2 Å². The Labute approximate surface area is 286 Å². The molecule has 0 aliphatic carbocycles. The van der Waals surface area contributed by atoms with Crippen molar-refractivity contribution in [1.29, 1.82) is 0 Å². The predicted molar refractivity (Wildman–Crippen MR) is 187 cm³/mol. The lowest BCUT2D eigenvalue weighted by Crippen LogP contribution is -2.29. The molecule has 1 atom stereocenters. The predicted octanol–water partition coefficient (Wildman–Crippen LogP) is 7.83. The number of rotatable bonds is 13. The van der Waals surface area contributed by atoms with E-state index >= 15 is 0 Å². The molecule has 0 saturated carbocycles. The van der Waals surface area contributed by atoms with Crippen molar-refractivity contribution in [1.82, 2.24) is 10.2 Å². The second-order valence-electron chi connectivity index (χ2n) is 10.7. The zero-order chi connectivity index (χ0) is 33.5. The second-order valence-corrected chi connectivity index (χ2v) is 12.8. The molecule has 0 bridgehead atoms. The van der Waals surface area contributed by atoms with Gasteiger partial charge < -0.3 is 19.3 Å². The quantitative estimate of drug-likeness (QED) is 0.0438. The van der Waals surface area contributed by atoms with Crippen LogP contribution in [0.3, 0.4) is 0 Å². The van der Waals surface area contributed by atoms with Gasteiger partial charge in [0, 0.05) is 11.3 Å². The van der Waals surface area contributed by atoms with Gasteiger partial charge in [-0.1, -0.05) is 89.8 Å². The number of ether oxygens (including phenoxy) is 3. The maximum atomic E-state index is 13.8. The third-order valence-electron chi connectivity index (χ3n) is 7.51. The van der Waals surface area contributed by atoms with Crippen molar-refractivity contribution in [3.8, 4) is 17.2 Å². The van der Waals surface area contributed by atoms with Gasteiger partial charge in [-0.2, -0.15) is 0 Å². The monoisotopic (exact) mass is 679 g/mol. The largest absolute Gasteiger partial charge is 0.507 e. The lowest BCUT2D eigenvalue weighted by atomic mass is 9.95. The summed E-state index contributed by atoms with van der Waals surface area (Å²) in [6.45, 7) is 4.90. The van der Waals surface area contributed by atoms with Gasteiger partial charge in [0.15, 0.2) is 15.8 Å². The van der Waals surface area contributed by atoms with Crippen LogP contribution in [-0.4, -0.2) is 40.2 Å². The number of carbonyl (C=O) groups excluding carboxylic acids is 2. The molecule has 244 valence electrons. The summed E-state index contributed by atoms with van der Waals surface area (Å²) in [7, 11) is 0. The Morgan fingerprint density at radius 2 is 1.50 bits per heavy atom. The second kappa shape index (κ2) is 15.2. The normalized spacial score (nSPS) is 15.5. The summed E-state index contributed by atoms with van der Waals surface area (Å²) in [6.07, 6.45) is 0. The van der Waals surface area contributed by atoms with Crippen LogP contribution in [0.2, 0.25) is 0 Å². The van der Waals surface area contributed by atoms with Crippen LogP contribution in [0.25, 0.3) is 5.76 Å². The first-order valence-electron chi connectivity index (χ1n) is 15.4. The number of anilines is 1. The van der Waals surface area contributed by atoms with Crippen LogP contribution in [0.1, 0.15) is 42.1 Å². The first-order valence-corrected chi connectivity index (χ1v) is 17.2. The fraction of sp³-hybridized carbons (Fsp3) is 0.189. The van der Waals surface area contributed by atoms with E-state index in [1.54, 1.807) is 42.5 Å². The highest BCUT2D eigenvalue weighted by molar-refractivity contribution is 8.00. The van der Waals surface area contributed by atoms with Crippen molar-refractivity contribution in [2.75, 3.05) is 18.1 Å². The molecular weight excluding hydrogens is 647 g/mol.